The molecule has 8 heteroatoms. The van der Waals surface area contributed by atoms with Gasteiger partial charge >= 0.3 is 0 Å². The second kappa shape index (κ2) is 10.3. The number of nitrogens with zero attached hydrogens (tertiary/aromatic N) is 2. The van der Waals surface area contributed by atoms with Gasteiger partial charge in [0.25, 0.3) is 5.91 Å². The van der Waals surface area contributed by atoms with Crippen molar-refractivity contribution in [2.24, 2.45) is 0 Å². The van der Waals surface area contributed by atoms with Gasteiger partial charge in [0.2, 0.25) is 0 Å². The van der Waals surface area contributed by atoms with Crippen LogP contribution < -0.4 is 9.47 Å². The number of aromatic amines is 1. The molecule has 0 saturated carbocycles. The molecule has 3 aromatic carbocycles. The van der Waals surface area contributed by atoms with E-state index in [-0.39, 0.29) is 18.2 Å². The van der Waals surface area contributed by atoms with Crippen LogP contribution in [0.1, 0.15) is 44.3 Å². The van der Waals surface area contributed by atoms with Crippen LogP contribution in [0.2, 0.25) is 5.02 Å². The Labute approximate surface area is 226 Å². The molecule has 0 bridgehead atoms. The summed E-state index contributed by atoms with van der Waals surface area (Å²) in [6.45, 7) is 8.12. The summed E-state index contributed by atoms with van der Waals surface area (Å²) < 4.78 is 11.4. The fourth-order valence-electron chi connectivity index (χ4n) is 4.98. The smallest absolute Gasteiger partial charge is 0.273 e. The Balaban J connectivity index is 1.69. The molecule has 2 N–H and O–H groups in total. The highest BCUT2D eigenvalue weighted by Gasteiger charge is 2.43. The number of phenolic OH excluding ortho intramolecular Hbond substituents is 1. The predicted octanol–water partition coefficient (Wildman–Crippen LogP) is 6.37. The van der Waals surface area contributed by atoms with Crippen LogP contribution in [0, 0.1) is 13.8 Å². The summed E-state index contributed by atoms with van der Waals surface area (Å²) in [7, 11) is 1.57. The van der Waals surface area contributed by atoms with Gasteiger partial charge in [-0.3, -0.25) is 9.89 Å². The summed E-state index contributed by atoms with van der Waals surface area (Å²) in [6.07, 6.45) is 1.66. The molecule has 1 aliphatic rings. The van der Waals surface area contributed by atoms with Crippen molar-refractivity contribution < 1.29 is 19.4 Å². The number of rotatable bonds is 8. The molecule has 0 aliphatic carbocycles. The van der Waals surface area contributed by atoms with Crippen molar-refractivity contribution in [2.45, 2.75) is 26.4 Å². The van der Waals surface area contributed by atoms with E-state index in [0.717, 1.165) is 22.3 Å². The maximum Gasteiger partial charge on any atom is 0.273 e. The van der Waals surface area contributed by atoms with Crippen molar-refractivity contribution >= 4 is 17.5 Å². The predicted molar refractivity (Wildman–Crippen MR) is 147 cm³/mol. The fraction of sp³-hybridized carbons (Fsp3) is 0.200. The molecule has 5 rings (SSSR count). The Morgan fingerprint density at radius 2 is 1.95 bits per heavy atom. The number of phenols is 1. The van der Waals surface area contributed by atoms with Gasteiger partial charge in [-0.05, 0) is 60.4 Å². The largest absolute Gasteiger partial charge is 0.507 e. The van der Waals surface area contributed by atoms with Gasteiger partial charge in [0, 0.05) is 22.7 Å². The zero-order valence-corrected chi connectivity index (χ0v) is 22.2. The number of halogens is 1. The Bertz CT molecular complexity index is 1540. The first-order valence-corrected chi connectivity index (χ1v) is 12.6. The lowest BCUT2D eigenvalue weighted by atomic mass is 9.93. The molecule has 2 heterocycles. The quantitative estimate of drug-likeness (QED) is 0.259. The van der Waals surface area contributed by atoms with Gasteiger partial charge in [0.15, 0.2) is 11.5 Å². The lowest BCUT2D eigenvalue weighted by molar-refractivity contribution is 0.0730. The van der Waals surface area contributed by atoms with Crippen molar-refractivity contribution in [2.75, 3.05) is 13.7 Å². The molecule has 1 atom stereocenters. The van der Waals surface area contributed by atoms with Crippen molar-refractivity contribution in [1.82, 2.24) is 15.1 Å². The van der Waals surface area contributed by atoms with Gasteiger partial charge in [-0.15, -0.1) is 0 Å². The maximum absolute atomic E-state index is 13.8. The second-order valence-corrected chi connectivity index (χ2v) is 9.68. The van der Waals surface area contributed by atoms with Crippen LogP contribution in [0.3, 0.4) is 0 Å². The van der Waals surface area contributed by atoms with E-state index in [1.54, 1.807) is 24.2 Å². The van der Waals surface area contributed by atoms with Crippen molar-refractivity contribution in [3.05, 3.63) is 106 Å². The number of aromatic hydroxyl groups is 1. The highest BCUT2D eigenvalue weighted by molar-refractivity contribution is 6.31. The zero-order chi connectivity index (χ0) is 27.0. The van der Waals surface area contributed by atoms with Crippen molar-refractivity contribution in [3.63, 3.8) is 0 Å². The number of ether oxygens (including phenoxy) is 2. The number of fused-ring (bicyclic) bond motifs is 1. The maximum atomic E-state index is 13.8. The number of aromatic nitrogens is 2. The third-order valence-electron chi connectivity index (χ3n) is 6.72. The fourth-order valence-corrected chi connectivity index (χ4v) is 5.18. The number of aryl methyl sites for hydroxylation is 2. The minimum Gasteiger partial charge on any atom is -0.507 e. The second-order valence-electron chi connectivity index (χ2n) is 9.28. The average Bonchev–Trinajstić information content (AvgIpc) is 3.45. The highest BCUT2D eigenvalue weighted by Crippen LogP contribution is 2.47. The molecule has 1 aliphatic heterocycles. The molecule has 7 nitrogen and oxygen atoms in total. The molecular formula is C30H28ClN3O4. The molecule has 1 aromatic heterocycles. The monoisotopic (exact) mass is 529 g/mol. The van der Waals surface area contributed by atoms with Gasteiger partial charge in [0.1, 0.15) is 23.7 Å². The van der Waals surface area contributed by atoms with Gasteiger partial charge in [-0.1, -0.05) is 54.6 Å². The summed E-state index contributed by atoms with van der Waals surface area (Å²) in [6, 6.07) is 16.3. The Morgan fingerprint density at radius 1 is 1.16 bits per heavy atom. The summed E-state index contributed by atoms with van der Waals surface area (Å²) in [5.41, 5.74) is 5.48. The van der Waals surface area contributed by atoms with Crippen LogP contribution in [0.4, 0.5) is 0 Å². The third kappa shape index (κ3) is 4.39. The van der Waals surface area contributed by atoms with Crippen LogP contribution in [-0.2, 0) is 6.54 Å². The Kier molecular flexibility index (Phi) is 6.87. The highest BCUT2D eigenvalue weighted by atomic mass is 35.5. The number of benzene rings is 3. The minimum absolute atomic E-state index is 0.131. The molecule has 0 radical (unpaired) electrons. The van der Waals surface area contributed by atoms with E-state index in [1.165, 1.54) is 0 Å². The SMILES string of the molecule is C=CCOc1ccc(C2c3c(-c4cc(C)cc(C)c4O)n[nH]c3C(=O)N2Cc2ccccc2Cl)cc1OC. The molecule has 0 saturated heterocycles. The summed E-state index contributed by atoms with van der Waals surface area (Å²) in [4.78, 5) is 15.6. The molecule has 0 spiro atoms. The lowest BCUT2D eigenvalue weighted by Gasteiger charge is -2.27. The molecule has 1 amide bonds. The van der Waals surface area contributed by atoms with Crippen molar-refractivity contribution in [3.8, 4) is 28.5 Å². The van der Waals surface area contributed by atoms with E-state index in [4.69, 9.17) is 21.1 Å². The molecule has 1 unspecified atom stereocenters. The van der Waals surface area contributed by atoms with Crippen LogP contribution >= 0.6 is 11.6 Å². The van der Waals surface area contributed by atoms with E-state index < -0.39 is 6.04 Å². The number of methoxy groups -OCH3 is 1. The number of H-pyrrole nitrogens is 1. The Hall–Kier alpha value is -4.23. The number of hydrogen-bond acceptors (Lipinski definition) is 5. The number of nitrogens with one attached hydrogen (secondary N) is 1. The van der Waals surface area contributed by atoms with Crippen LogP contribution in [0.25, 0.3) is 11.3 Å². The first kappa shape index (κ1) is 25.4. The number of amides is 1. The van der Waals surface area contributed by atoms with E-state index in [0.29, 0.717) is 45.6 Å². The molecule has 4 aromatic rings. The standard InChI is InChI=1S/C30H28ClN3O4/c1-5-12-38-23-11-10-19(15-24(23)37-4)28-25-26(21-14-17(2)13-18(3)29(21)35)32-33-27(25)30(36)34(28)16-20-8-6-7-9-22(20)31/h5-11,13-15,28,35H,1,12,16H2,2-4H3,(H,32,33). The first-order valence-electron chi connectivity index (χ1n) is 12.2. The number of carbonyl (C=O) groups is 1. The zero-order valence-electron chi connectivity index (χ0n) is 21.4. The summed E-state index contributed by atoms with van der Waals surface area (Å²) in [5.74, 6) is 1.02. The average molecular weight is 530 g/mol. The topological polar surface area (TPSA) is 87.7 Å². The number of hydrogen-bond donors (Lipinski definition) is 2. The Morgan fingerprint density at radius 3 is 2.68 bits per heavy atom. The van der Waals surface area contributed by atoms with Crippen LogP contribution in [-0.4, -0.2) is 39.8 Å². The molecule has 194 valence electrons. The molecular weight excluding hydrogens is 502 g/mol. The van der Waals surface area contributed by atoms with E-state index in [1.807, 2.05) is 62.4 Å². The molecule has 0 fully saturated rings. The lowest BCUT2D eigenvalue weighted by Crippen LogP contribution is -2.29. The number of carbonyl (C=O) groups excluding carboxylic acids is 1. The molecule has 38 heavy (non-hydrogen) atoms. The van der Waals surface area contributed by atoms with Gasteiger partial charge in [-0.25, -0.2) is 0 Å². The first-order chi connectivity index (χ1) is 18.3. The minimum atomic E-state index is -0.523. The van der Waals surface area contributed by atoms with E-state index >= 15 is 0 Å². The van der Waals surface area contributed by atoms with Crippen LogP contribution in [0.15, 0.2) is 67.3 Å². The van der Waals surface area contributed by atoms with Gasteiger partial charge in [-0.2, -0.15) is 5.10 Å². The summed E-state index contributed by atoms with van der Waals surface area (Å²) >= 11 is 6.49. The van der Waals surface area contributed by atoms with Crippen molar-refractivity contribution in [1.29, 1.82) is 0 Å². The van der Waals surface area contributed by atoms with Gasteiger partial charge < -0.3 is 19.5 Å². The normalized spacial score (nSPS) is 14.5. The van der Waals surface area contributed by atoms with Gasteiger partial charge in [0.05, 0.1) is 13.2 Å². The van der Waals surface area contributed by atoms with E-state index in [2.05, 4.69) is 16.8 Å². The van der Waals surface area contributed by atoms with Crippen LogP contribution in [0.5, 0.6) is 17.2 Å². The third-order valence-corrected chi connectivity index (χ3v) is 7.09. The van der Waals surface area contributed by atoms with E-state index in [9.17, 15) is 9.90 Å². The summed E-state index contributed by atoms with van der Waals surface area (Å²) in [5, 5.41) is 19.0.